The Morgan fingerprint density at radius 2 is 2.38 bits per heavy atom. The fraction of sp³-hybridized carbons (Fsp3) is 0.200. The highest BCUT2D eigenvalue weighted by Gasteiger charge is 1.77. The minimum atomic E-state index is 0.682. The molecule has 3 nitrogen and oxygen atoms in total. The first-order valence-corrected chi connectivity index (χ1v) is 2.11. The number of nitrogens with zero attached hydrogens (tertiary/aromatic N) is 2. The maximum absolute atomic E-state index is 9.82. The third kappa shape index (κ3) is 3.08. The lowest BCUT2D eigenvalue weighted by Crippen LogP contribution is -2.05. The van der Waals surface area contributed by atoms with Crippen molar-refractivity contribution < 1.29 is 4.79 Å². The van der Waals surface area contributed by atoms with Gasteiger partial charge in [-0.25, -0.2) is 0 Å². The summed E-state index contributed by atoms with van der Waals surface area (Å²) in [6, 6.07) is 0. The van der Waals surface area contributed by atoms with Crippen molar-refractivity contribution in [3.63, 3.8) is 0 Å². The van der Waals surface area contributed by atoms with Crippen LogP contribution in [-0.2, 0) is 4.79 Å². The monoisotopic (exact) mass is 112 g/mol. The molecule has 0 bridgehead atoms. The Labute approximate surface area is 48.3 Å². The molecule has 0 heterocycles. The van der Waals surface area contributed by atoms with Gasteiger partial charge in [0.05, 0.1) is 0 Å². The van der Waals surface area contributed by atoms with E-state index in [4.69, 9.17) is 0 Å². The third-order valence-corrected chi connectivity index (χ3v) is 0.573. The van der Waals surface area contributed by atoms with Gasteiger partial charge in [-0.2, -0.15) is 0 Å². The van der Waals surface area contributed by atoms with Crippen molar-refractivity contribution in [1.82, 2.24) is 4.90 Å². The lowest BCUT2D eigenvalue weighted by molar-refractivity contribution is -0.114. The Bertz CT molecular complexity index is 109. The lowest BCUT2D eigenvalue weighted by atomic mass is 10.8. The molecule has 0 saturated carbocycles. The van der Waals surface area contributed by atoms with Gasteiger partial charge < -0.3 is 4.90 Å². The minimum Gasteiger partial charge on any atom is -0.323 e. The summed E-state index contributed by atoms with van der Waals surface area (Å²) in [6.07, 6.45) is 3.64. The molecule has 0 N–H and O–H groups in total. The van der Waals surface area contributed by atoms with Crippen molar-refractivity contribution in [3.8, 4) is 0 Å². The van der Waals surface area contributed by atoms with Gasteiger partial charge in [0.2, 0.25) is 6.41 Å². The van der Waals surface area contributed by atoms with Crippen LogP contribution in [0.25, 0.3) is 0 Å². The largest absolute Gasteiger partial charge is 0.323 e. The molecule has 0 rings (SSSR count). The van der Waals surface area contributed by atoms with Crippen molar-refractivity contribution in [1.29, 1.82) is 0 Å². The van der Waals surface area contributed by atoms with E-state index in [-0.39, 0.29) is 0 Å². The van der Waals surface area contributed by atoms with Crippen LogP contribution in [0.15, 0.2) is 17.4 Å². The SMILES string of the molecule is C=NC=CN(C)C=O. The average Bonchev–Trinajstić information content (AvgIpc) is 1.83. The van der Waals surface area contributed by atoms with Crippen LogP contribution in [0, 0.1) is 0 Å². The fourth-order valence-corrected chi connectivity index (χ4v) is 0.187. The quantitative estimate of drug-likeness (QED) is 0.380. The minimum absolute atomic E-state index is 0.682. The van der Waals surface area contributed by atoms with Gasteiger partial charge in [0, 0.05) is 19.4 Å². The zero-order valence-corrected chi connectivity index (χ0v) is 4.74. The molecule has 0 atom stereocenters. The first-order chi connectivity index (χ1) is 3.81. The Kier molecular flexibility index (Phi) is 3.48. The summed E-state index contributed by atoms with van der Waals surface area (Å²) in [5.74, 6) is 0. The predicted molar refractivity (Wildman–Crippen MR) is 32.5 cm³/mol. The van der Waals surface area contributed by atoms with Gasteiger partial charge in [-0.3, -0.25) is 9.79 Å². The highest BCUT2D eigenvalue weighted by molar-refractivity contribution is 5.48. The molecule has 0 aliphatic carbocycles. The number of rotatable bonds is 3. The first kappa shape index (κ1) is 6.88. The molecule has 0 aromatic heterocycles. The molecule has 0 spiro atoms. The smallest absolute Gasteiger partial charge is 0.213 e. The number of amides is 1. The fourth-order valence-electron chi connectivity index (χ4n) is 0.187. The van der Waals surface area contributed by atoms with Crippen LogP contribution in [0.3, 0.4) is 0 Å². The lowest BCUT2D eigenvalue weighted by Gasteiger charge is -1.97. The van der Waals surface area contributed by atoms with Crippen molar-refractivity contribution in [2.45, 2.75) is 0 Å². The van der Waals surface area contributed by atoms with Gasteiger partial charge in [0.25, 0.3) is 0 Å². The predicted octanol–water partition coefficient (Wildman–Crippen LogP) is 0.246. The number of aliphatic imine (C=N–C) groups is 1. The topological polar surface area (TPSA) is 32.7 Å². The first-order valence-electron chi connectivity index (χ1n) is 2.11. The van der Waals surface area contributed by atoms with Crippen molar-refractivity contribution in [2.75, 3.05) is 7.05 Å². The van der Waals surface area contributed by atoms with E-state index in [0.717, 1.165) is 0 Å². The zero-order chi connectivity index (χ0) is 6.41. The van der Waals surface area contributed by atoms with Gasteiger partial charge in [0.1, 0.15) is 0 Å². The Hall–Kier alpha value is -1.12. The summed E-state index contributed by atoms with van der Waals surface area (Å²) in [5.41, 5.74) is 0. The van der Waals surface area contributed by atoms with Crippen LogP contribution in [-0.4, -0.2) is 25.1 Å². The maximum atomic E-state index is 9.82. The van der Waals surface area contributed by atoms with Crippen LogP contribution in [0.4, 0.5) is 0 Å². The van der Waals surface area contributed by atoms with E-state index in [1.54, 1.807) is 7.05 Å². The van der Waals surface area contributed by atoms with E-state index >= 15 is 0 Å². The molecule has 0 aliphatic heterocycles. The molecule has 0 unspecified atom stereocenters. The highest BCUT2D eigenvalue weighted by atomic mass is 16.1. The summed E-state index contributed by atoms with van der Waals surface area (Å²) in [7, 11) is 1.62. The van der Waals surface area contributed by atoms with Crippen molar-refractivity contribution in [3.05, 3.63) is 12.4 Å². The molecule has 0 saturated heterocycles. The van der Waals surface area contributed by atoms with Gasteiger partial charge in [0.15, 0.2) is 0 Å². The second kappa shape index (κ2) is 4.05. The van der Waals surface area contributed by atoms with E-state index in [2.05, 4.69) is 11.7 Å². The average molecular weight is 112 g/mol. The Morgan fingerprint density at radius 3 is 2.75 bits per heavy atom. The third-order valence-electron chi connectivity index (χ3n) is 0.573. The van der Waals surface area contributed by atoms with E-state index < -0.39 is 0 Å². The molecule has 0 radical (unpaired) electrons. The second-order valence-electron chi connectivity index (χ2n) is 1.25. The number of carbonyl (C=O) groups excluding carboxylic acids is 1. The second-order valence-corrected chi connectivity index (χ2v) is 1.25. The molecule has 8 heavy (non-hydrogen) atoms. The standard InChI is InChI=1S/C5H8N2O/c1-6-3-4-7(2)5-8/h3-5H,1H2,2H3. The molecular weight excluding hydrogens is 104 g/mol. The number of carbonyl (C=O) groups is 1. The van der Waals surface area contributed by atoms with E-state index in [1.165, 1.54) is 17.3 Å². The van der Waals surface area contributed by atoms with Crippen LogP contribution in [0.2, 0.25) is 0 Å². The summed E-state index contributed by atoms with van der Waals surface area (Å²) in [5, 5.41) is 0. The van der Waals surface area contributed by atoms with Crippen LogP contribution < -0.4 is 0 Å². The Balaban J connectivity index is 3.50. The number of hydrogen-bond acceptors (Lipinski definition) is 2. The van der Waals surface area contributed by atoms with Crippen LogP contribution in [0.5, 0.6) is 0 Å². The summed E-state index contributed by atoms with van der Waals surface area (Å²) in [6.45, 7) is 3.19. The summed E-state index contributed by atoms with van der Waals surface area (Å²) >= 11 is 0. The van der Waals surface area contributed by atoms with E-state index in [1.807, 2.05) is 0 Å². The van der Waals surface area contributed by atoms with Crippen LogP contribution >= 0.6 is 0 Å². The molecule has 0 aromatic rings. The highest BCUT2D eigenvalue weighted by Crippen LogP contribution is 1.76. The number of hydrogen-bond donors (Lipinski definition) is 0. The maximum Gasteiger partial charge on any atom is 0.213 e. The van der Waals surface area contributed by atoms with E-state index in [9.17, 15) is 4.79 Å². The molecular formula is C5H8N2O. The molecule has 0 aliphatic rings. The summed E-state index contributed by atoms with van der Waals surface area (Å²) < 4.78 is 0. The molecule has 0 fully saturated rings. The molecule has 0 aromatic carbocycles. The van der Waals surface area contributed by atoms with E-state index in [0.29, 0.717) is 6.41 Å². The molecule has 1 amide bonds. The summed E-state index contributed by atoms with van der Waals surface area (Å²) in [4.78, 5) is 14.6. The van der Waals surface area contributed by atoms with Gasteiger partial charge in [-0.15, -0.1) is 0 Å². The van der Waals surface area contributed by atoms with Crippen molar-refractivity contribution >= 4 is 13.1 Å². The molecule has 3 heteroatoms. The van der Waals surface area contributed by atoms with Gasteiger partial charge >= 0.3 is 0 Å². The van der Waals surface area contributed by atoms with Crippen molar-refractivity contribution in [2.24, 2.45) is 4.99 Å². The van der Waals surface area contributed by atoms with Gasteiger partial charge in [-0.1, -0.05) is 0 Å². The van der Waals surface area contributed by atoms with Gasteiger partial charge in [-0.05, 0) is 6.72 Å². The molecule has 44 valence electrons. The normalized spacial score (nSPS) is 9.12. The van der Waals surface area contributed by atoms with Crippen LogP contribution in [0.1, 0.15) is 0 Å². The Morgan fingerprint density at radius 1 is 1.75 bits per heavy atom. The zero-order valence-electron chi connectivity index (χ0n) is 4.74.